The second kappa shape index (κ2) is 4.95. The van der Waals surface area contributed by atoms with Crippen LogP contribution < -0.4 is 10.6 Å². The first-order chi connectivity index (χ1) is 8.58. The first-order valence-corrected chi connectivity index (χ1v) is 5.68. The molecule has 0 bridgehead atoms. The predicted molar refractivity (Wildman–Crippen MR) is 63.3 cm³/mol. The van der Waals surface area contributed by atoms with E-state index in [9.17, 15) is 14.7 Å². The molecule has 1 aromatic carbocycles. The third kappa shape index (κ3) is 2.53. The Hall–Kier alpha value is -2.24. The van der Waals surface area contributed by atoms with Crippen LogP contribution in [0.25, 0.3) is 0 Å². The number of hydrogen-bond acceptors (Lipinski definition) is 4. The summed E-state index contributed by atoms with van der Waals surface area (Å²) in [5, 5.41) is 23.7. The van der Waals surface area contributed by atoms with E-state index in [1.165, 1.54) is 12.1 Å². The Balaban J connectivity index is 2.07. The Labute approximate surface area is 104 Å². The molecule has 0 spiro atoms. The molecule has 4 N–H and O–H groups in total. The van der Waals surface area contributed by atoms with Gasteiger partial charge in [0.25, 0.3) is 5.91 Å². The Morgan fingerprint density at radius 1 is 1.33 bits per heavy atom. The zero-order chi connectivity index (χ0) is 13.1. The van der Waals surface area contributed by atoms with E-state index < -0.39 is 11.9 Å². The van der Waals surface area contributed by atoms with Gasteiger partial charge in [-0.25, -0.2) is 0 Å². The van der Waals surface area contributed by atoms with Gasteiger partial charge in [-0.1, -0.05) is 0 Å². The molecule has 96 valence electrons. The average Bonchev–Trinajstić information content (AvgIpc) is 2.35. The minimum Gasteiger partial charge on any atom is -0.504 e. The first kappa shape index (κ1) is 12.2. The smallest absolute Gasteiger partial charge is 0.252 e. The molecular formula is C12H14N2O4. The van der Waals surface area contributed by atoms with Crippen LogP contribution in [0.3, 0.4) is 0 Å². The van der Waals surface area contributed by atoms with Crippen LogP contribution in [0.4, 0.5) is 0 Å². The van der Waals surface area contributed by atoms with Gasteiger partial charge < -0.3 is 20.8 Å². The van der Waals surface area contributed by atoms with Gasteiger partial charge in [-0.15, -0.1) is 0 Å². The second-order valence-electron chi connectivity index (χ2n) is 4.16. The van der Waals surface area contributed by atoms with Crippen molar-refractivity contribution in [3.8, 4) is 11.5 Å². The number of aromatic hydroxyl groups is 2. The van der Waals surface area contributed by atoms with Crippen LogP contribution in [0, 0.1) is 0 Å². The molecule has 1 fully saturated rings. The fourth-order valence-electron chi connectivity index (χ4n) is 1.82. The van der Waals surface area contributed by atoms with Gasteiger partial charge in [0.1, 0.15) is 6.04 Å². The van der Waals surface area contributed by atoms with Crippen molar-refractivity contribution in [1.29, 1.82) is 0 Å². The number of piperidine rings is 1. The molecule has 1 aliphatic rings. The van der Waals surface area contributed by atoms with E-state index in [0.29, 0.717) is 13.0 Å². The first-order valence-electron chi connectivity index (χ1n) is 5.68. The highest BCUT2D eigenvalue weighted by molar-refractivity contribution is 5.98. The van der Waals surface area contributed by atoms with Crippen molar-refractivity contribution < 1.29 is 19.8 Å². The minimum absolute atomic E-state index is 0.197. The number of phenols is 2. The molecule has 0 aliphatic carbocycles. The van der Waals surface area contributed by atoms with Gasteiger partial charge >= 0.3 is 0 Å². The lowest BCUT2D eigenvalue weighted by molar-refractivity contribution is -0.124. The van der Waals surface area contributed by atoms with Gasteiger partial charge in [0, 0.05) is 12.1 Å². The van der Waals surface area contributed by atoms with Crippen LogP contribution in [0.2, 0.25) is 0 Å². The summed E-state index contributed by atoms with van der Waals surface area (Å²) >= 11 is 0. The fraction of sp³-hybridized carbons (Fsp3) is 0.333. The molecule has 1 saturated heterocycles. The summed E-state index contributed by atoms with van der Waals surface area (Å²) in [7, 11) is 0. The Morgan fingerprint density at radius 3 is 2.78 bits per heavy atom. The van der Waals surface area contributed by atoms with Gasteiger partial charge in [-0.2, -0.15) is 0 Å². The molecule has 1 aliphatic heterocycles. The molecule has 1 atom stereocenters. The Kier molecular flexibility index (Phi) is 3.36. The summed E-state index contributed by atoms with van der Waals surface area (Å²) < 4.78 is 0. The summed E-state index contributed by atoms with van der Waals surface area (Å²) in [4.78, 5) is 23.3. The largest absolute Gasteiger partial charge is 0.504 e. The topological polar surface area (TPSA) is 98.7 Å². The highest BCUT2D eigenvalue weighted by atomic mass is 16.3. The molecule has 0 saturated carbocycles. The highest BCUT2D eigenvalue weighted by Crippen LogP contribution is 2.24. The second-order valence-corrected chi connectivity index (χ2v) is 4.16. The van der Waals surface area contributed by atoms with E-state index in [4.69, 9.17) is 5.11 Å². The van der Waals surface area contributed by atoms with Crippen LogP contribution in [-0.2, 0) is 4.79 Å². The fourth-order valence-corrected chi connectivity index (χ4v) is 1.82. The van der Waals surface area contributed by atoms with Crippen molar-refractivity contribution in [3.63, 3.8) is 0 Å². The molecular weight excluding hydrogens is 236 g/mol. The number of benzene rings is 1. The third-order valence-electron chi connectivity index (χ3n) is 2.83. The number of rotatable bonds is 2. The number of amides is 2. The highest BCUT2D eigenvalue weighted by Gasteiger charge is 2.24. The summed E-state index contributed by atoms with van der Waals surface area (Å²) in [6.45, 7) is 0.630. The van der Waals surface area contributed by atoms with E-state index in [0.717, 1.165) is 12.5 Å². The van der Waals surface area contributed by atoms with Crippen molar-refractivity contribution in [2.45, 2.75) is 18.9 Å². The van der Waals surface area contributed by atoms with E-state index >= 15 is 0 Å². The maximum atomic E-state index is 11.8. The lowest BCUT2D eigenvalue weighted by Gasteiger charge is -2.22. The zero-order valence-electron chi connectivity index (χ0n) is 9.64. The maximum absolute atomic E-state index is 11.8. The predicted octanol–water partition coefficient (Wildman–Crippen LogP) is 0.106. The van der Waals surface area contributed by atoms with E-state index in [2.05, 4.69) is 10.6 Å². The van der Waals surface area contributed by atoms with E-state index in [-0.39, 0.29) is 23.0 Å². The number of carbonyl (C=O) groups is 2. The van der Waals surface area contributed by atoms with Crippen molar-refractivity contribution in [3.05, 3.63) is 23.8 Å². The van der Waals surface area contributed by atoms with Crippen molar-refractivity contribution in [2.75, 3.05) is 6.54 Å². The quantitative estimate of drug-likeness (QED) is 0.560. The molecule has 2 amide bonds. The third-order valence-corrected chi connectivity index (χ3v) is 2.83. The van der Waals surface area contributed by atoms with Crippen LogP contribution in [-0.4, -0.2) is 34.6 Å². The van der Waals surface area contributed by atoms with Gasteiger partial charge in [-0.3, -0.25) is 9.59 Å². The van der Waals surface area contributed by atoms with Crippen molar-refractivity contribution >= 4 is 11.8 Å². The summed E-state index contributed by atoms with van der Waals surface area (Å²) in [6.07, 6.45) is 1.42. The van der Waals surface area contributed by atoms with E-state index in [1.54, 1.807) is 0 Å². The number of nitrogens with one attached hydrogen (secondary N) is 2. The number of phenolic OH excluding ortho intramolecular Hbond substituents is 2. The minimum atomic E-state index is -0.540. The van der Waals surface area contributed by atoms with Crippen LogP contribution >= 0.6 is 0 Å². The molecule has 1 aromatic rings. The molecule has 1 unspecified atom stereocenters. The molecule has 2 rings (SSSR count). The van der Waals surface area contributed by atoms with Crippen LogP contribution in [0.1, 0.15) is 23.2 Å². The number of carbonyl (C=O) groups excluding carboxylic acids is 2. The Bertz CT molecular complexity index is 487. The van der Waals surface area contributed by atoms with Gasteiger partial charge in [0.05, 0.1) is 0 Å². The van der Waals surface area contributed by atoms with Crippen LogP contribution in [0.15, 0.2) is 18.2 Å². The lowest BCUT2D eigenvalue weighted by atomic mass is 10.1. The van der Waals surface area contributed by atoms with Crippen molar-refractivity contribution in [2.24, 2.45) is 0 Å². The average molecular weight is 250 g/mol. The molecule has 6 nitrogen and oxygen atoms in total. The molecule has 6 heteroatoms. The van der Waals surface area contributed by atoms with Crippen molar-refractivity contribution in [1.82, 2.24) is 10.6 Å². The molecule has 0 aromatic heterocycles. The standard InChI is InChI=1S/C12H14N2O4/c15-9-4-3-7(6-10(9)16)11(17)14-8-2-1-5-13-12(8)18/h3-4,6,8,15-16H,1-2,5H2,(H,13,18)(H,14,17). The SMILES string of the molecule is O=C(NC1CCCNC1=O)c1ccc(O)c(O)c1. The summed E-state index contributed by atoms with van der Waals surface area (Å²) in [5.74, 6) is -1.30. The normalized spacial score (nSPS) is 19.1. The van der Waals surface area contributed by atoms with Crippen LogP contribution in [0.5, 0.6) is 11.5 Å². The Morgan fingerprint density at radius 2 is 2.11 bits per heavy atom. The molecule has 18 heavy (non-hydrogen) atoms. The van der Waals surface area contributed by atoms with E-state index in [1.807, 2.05) is 0 Å². The summed E-state index contributed by atoms with van der Waals surface area (Å²) in [5.41, 5.74) is 0.198. The van der Waals surface area contributed by atoms with Gasteiger partial charge in [0.15, 0.2) is 11.5 Å². The monoisotopic (exact) mass is 250 g/mol. The number of hydrogen-bond donors (Lipinski definition) is 4. The maximum Gasteiger partial charge on any atom is 0.252 e. The molecule has 0 radical (unpaired) electrons. The lowest BCUT2D eigenvalue weighted by Crippen LogP contribution is -2.50. The molecule has 1 heterocycles. The van der Waals surface area contributed by atoms with Gasteiger partial charge in [-0.05, 0) is 31.0 Å². The van der Waals surface area contributed by atoms with Gasteiger partial charge in [0.2, 0.25) is 5.91 Å². The summed E-state index contributed by atoms with van der Waals surface area (Å²) in [6, 6.07) is 3.23. The zero-order valence-corrected chi connectivity index (χ0v) is 9.64.